The summed E-state index contributed by atoms with van der Waals surface area (Å²) >= 11 is 0. The number of benzene rings is 1. The standard InChI is InChI=1S/C12H13N3O4/c1-18-9-3-7-8(4-10(9)19-2)14-6-15(12(7)17)5-11(13)16/h3-4,6H,5H2,1-2H3,(H2,13,16). The number of primary amides is 1. The smallest absolute Gasteiger partial charge is 0.261 e. The number of nitrogens with two attached hydrogens (primary N) is 1. The molecule has 0 aliphatic carbocycles. The molecule has 0 bridgehead atoms. The van der Waals surface area contributed by atoms with Gasteiger partial charge in [-0.05, 0) is 6.07 Å². The van der Waals surface area contributed by atoms with Crippen molar-refractivity contribution in [3.63, 3.8) is 0 Å². The third kappa shape index (κ3) is 2.35. The number of carbonyl (C=O) groups is 1. The molecule has 2 N–H and O–H groups in total. The Balaban J connectivity index is 2.68. The van der Waals surface area contributed by atoms with Crippen molar-refractivity contribution in [3.05, 3.63) is 28.8 Å². The molecule has 0 radical (unpaired) electrons. The maximum atomic E-state index is 12.2. The van der Waals surface area contributed by atoms with Crippen molar-refractivity contribution in [3.8, 4) is 11.5 Å². The minimum atomic E-state index is -0.608. The van der Waals surface area contributed by atoms with Crippen molar-refractivity contribution >= 4 is 16.8 Å². The first-order chi connectivity index (χ1) is 9.06. The number of amides is 1. The molecule has 0 atom stereocenters. The first-order valence-electron chi connectivity index (χ1n) is 5.46. The van der Waals surface area contributed by atoms with Gasteiger partial charge in [-0.2, -0.15) is 0 Å². The Kier molecular flexibility index (Phi) is 3.37. The monoisotopic (exact) mass is 263 g/mol. The van der Waals surface area contributed by atoms with Crippen LogP contribution in [0, 0.1) is 0 Å². The van der Waals surface area contributed by atoms with E-state index in [1.54, 1.807) is 6.07 Å². The number of fused-ring (bicyclic) bond motifs is 1. The molecule has 2 rings (SSSR count). The van der Waals surface area contributed by atoms with Gasteiger partial charge in [-0.3, -0.25) is 14.2 Å². The molecular formula is C12H13N3O4. The fourth-order valence-electron chi connectivity index (χ4n) is 1.77. The van der Waals surface area contributed by atoms with Gasteiger partial charge in [0, 0.05) is 6.07 Å². The van der Waals surface area contributed by atoms with Crippen molar-refractivity contribution in [1.82, 2.24) is 9.55 Å². The lowest BCUT2D eigenvalue weighted by Crippen LogP contribution is -2.28. The number of hydrogen-bond acceptors (Lipinski definition) is 5. The largest absolute Gasteiger partial charge is 0.493 e. The zero-order valence-electron chi connectivity index (χ0n) is 10.5. The molecule has 0 aliphatic heterocycles. The van der Waals surface area contributed by atoms with Gasteiger partial charge in [-0.15, -0.1) is 0 Å². The summed E-state index contributed by atoms with van der Waals surface area (Å²) < 4.78 is 11.4. The van der Waals surface area contributed by atoms with Gasteiger partial charge in [-0.1, -0.05) is 0 Å². The quantitative estimate of drug-likeness (QED) is 0.830. The molecule has 1 aromatic heterocycles. The van der Waals surface area contributed by atoms with Crippen LogP contribution < -0.4 is 20.8 Å². The highest BCUT2D eigenvalue weighted by molar-refractivity contribution is 5.82. The number of methoxy groups -OCH3 is 2. The van der Waals surface area contributed by atoms with Crippen LogP contribution in [-0.2, 0) is 11.3 Å². The van der Waals surface area contributed by atoms with Crippen molar-refractivity contribution in [2.75, 3.05) is 14.2 Å². The molecule has 0 saturated carbocycles. The fourth-order valence-corrected chi connectivity index (χ4v) is 1.77. The van der Waals surface area contributed by atoms with Crippen LogP contribution in [0.25, 0.3) is 10.9 Å². The van der Waals surface area contributed by atoms with Crippen molar-refractivity contribution in [2.24, 2.45) is 5.73 Å². The highest BCUT2D eigenvalue weighted by Crippen LogP contribution is 2.29. The van der Waals surface area contributed by atoms with Gasteiger partial charge in [0.2, 0.25) is 5.91 Å². The van der Waals surface area contributed by atoms with Gasteiger partial charge >= 0.3 is 0 Å². The Morgan fingerprint density at radius 1 is 1.32 bits per heavy atom. The van der Waals surface area contributed by atoms with Crippen LogP contribution in [0.4, 0.5) is 0 Å². The molecule has 1 heterocycles. The third-order valence-electron chi connectivity index (χ3n) is 2.66. The number of aromatic nitrogens is 2. The normalized spacial score (nSPS) is 10.4. The van der Waals surface area contributed by atoms with E-state index in [-0.39, 0.29) is 12.1 Å². The summed E-state index contributed by atoms with van der Waals surface area (Å²) in [7, 11) is 2.97. The Morgan fingerprint density at radius 2 is 1.95 bits per heavy atom. The van der Waals surface area contributed by atoms with Gasteiger partial charge in [0.05, 0.1) is 31.4 Å². The average molecular weight is 263 g/mol. The van der Waals surface area contributed by atoms with Crippen LogP contribution in [0.3, 0.4) is 0 Å². The Morgan fingerprint density at radius 3 is 2.53 bits per heavy atom. The number of rotatable bonds is 4. The molecule has 1 aromatic carbocycles. The van der Waals surface area contributed by atoms with Gasteiger partial charge in [0.1, 0.15) is 6.54 Å². The predicted molar refractivity (Wildman–Crippen MR) is 68.3 cm³/mol. The van der Waals surface area contributed by atoms with Gasteiger partial charge in [-0.25, -0.2) is 4.98 Å². The van der Waals surface area contributed by atoms with E-state index >= 15 is 0 Å². The lowest BCUT2D eigenvalue weighted by atomic mass is 10.2. The molecule has 1 amide bonds. The topological polar surface area (TPSA) is 96.4 Å². The lowest BCUT2D eigenvalue weighted by Gasteiger charge is -2.09. The van der Waals surface area contributed by atoms with Gasteiger partial charge in [0.25, 0.3) is 5.56 Å². The summed E-state index contributed by atoms with van der Waals surface area (Å²) in [5.74, 6) is 0.295. The van der Waals surface area contributed by atoms with Crippen LogP contribution in [0.5, 0.6) is 11.5 Å². The molecule has 100 valence electrons. The first kappa shape index (κ1) is 12.9. The predicted octanol–water partition coefficient (Wildman–Crippen LogP) is -0.101. The maximum absolute atomic E-state index is 12.2. The summed E-state index contributed by atoms with van der Waals surface area (Å²) in [6.45, 7) is -0.212. The summed E-state index contributed by atoms with van der Waals surface area (Å²) in [4.78, 5) is 27.1. The number of nitrogens with zero attached hydrogens (tertiary/aromatic N) is 2. The number of ether oxygens (including phenoxy) is 2. The van der Waals surface area contributed by atoms with Crippen LogP contribution in [0.2, 0.25) is 0 Å². The highest BCUT2D eigenvalue weighted by Gasteiger charge is 2.11. The zero-order chi connectivity index (χ0) is 14.0. The summed E-state index contributed by atoms with van der Waals surface area (Å²) in [5, 5.41) is 0.335. The molecule has 0 saturated heterocycles. The second kappa shape index (κ2) is 4.97. The van der Waals surface area contributed by atoms with Crippen LogP contribution in [0.15, 0.2) is 23.3 Å². The molecular weight excluding hydrogens is 250 g/mol. The Hall–Kier alpha value is -2.57. The van der Waals surface area contributed by atoms with E-state index in [1.807, 2.05) is 0 Å². The van der Waals surface area contributed by atoms with Crippen LogP contribution in [-0.4, -0.2) is 29.7 Å². The van der Waals surface area contributed by atoms with E-state index in [2.05, 4.69) is 4.98 Å². The minimum Gasteiger partial charge on any atom is -0.493 e. The van der Waals surface area contributed by atoms with E-state index in [4.69, 9.17) is 15.2 Å². The molecule has 0 spiro atoms. The molecule has 0 unspecified atom stereocenters. The van der Waals surface area contributed by atoms with Crippen LogP contribution >= 0.6 is 0 Å². The Labute approximate surface area is 108 Å². The van der Waals surface area contributed by atoms with E-state index in [1.165, 1.54) is 26.6 Å². The second-order valence-electron chi connectivity index (χ2n) is 3.87. The van der Waals surface area contributed by atoms with E-state index in [0.717, 1.165) is 4.57 Å². The van der Waals surface area contributed by atoms with Crippen molar-refractivity contribution in [1.29, 1.82) is 0 Å². The Bertz CT molecular complexity index is 693. The minimum absolute atomic E-state index is 0.212. The van der Waals surface area contributed by atoms with Crippen molar-refractivity contribution < 1.29 is 14.3 Å². The lowest BCUT2D eigenvalue weighted by molar-refractivity contribution is -0.118. The molecule has 0 fully saturated rings. The summed E-state index contributed by atoms with van der Waals surface area (Å²) in [5.41, 5.74) is 5.17. The summed E-state index contributed by atoms with van der Waals surface area (Å²) in [6.07, 6.45) is 1.28. The highest BCUT2D eigenvalue weighted by atomic mass is 16.5. The number of carbonyl (C=O) groups excluding carboxylic acids is 1. The van der Waals surface area contributed by atoms with E-state index in [0.29, 0.717) is 22.4 Å². The molecule has 0 aliphatic rings. The third-order valence-corrected chi connectivity index (χ3v) is 2.66. The molecule has 19 heavy (non-hydrogen) atoms. The second-order valence-corrected chi connectivity index (χ2v) is 3.87. The van der Waals surface area contributed by atoms with Gasteiger partial charge < -0.3 is 15.2 Å². The molecule has 7 heteroatoms. The average Bonchev–Trinajstić information content (AvgIpc) is 2.40. The first-order valence-corrected chi connectivity index (χ1v) is 5.46. The maximum Gasteiger partial charge on any atom is 0.261 e. The zero-order valence-corrected chi connectivity index (χ0v) is 10.5. The number of hydrogen-bond donors (Lipinski definition) is 1. The van der Waals surface area contributed by atoms with E-state index in [9.17, 15) is 9.59 Å². The van der Waals surface area contributed by atoms with Crippen molar-refractivity contribution in [2.45, 2.75) is 6.54 Å². The SMILES string of the molecule is COc1cc2ncn(CC(N)=O)c(=O)c2cc1OC. The van der Waals surface area contributed by atoms with Crippen LogP contribution in [0.1, 0.15) is 0 Å². The summed E-state index contributed by atoms with van der Waals surface area (Å²) in [6, 6.07) is 3.13. The molecule has 2 aromatic rings. The van der Waals surface area contributed by atoms with Gasteiger partial charge in [0.15, 0.2) is 11.5 Å². The fraction of sp³-hybridized carbons (Fsp3) is 0.250. The van der Waals surface area contributed by atoms with E-state index < -0.39 is 5.91 Å². The molecule has 7 nitrogen and oxygen atoms in total.